The Hall–Kier alpha value is -3.74. The lowest BCUT2D eigenvalue weighted by Crippen LogP contribution is -2.46. The molecular weight excluding hydrogens is 586 g/mol. The SMILES string of the molecule is COCCS(=O)(=O)NC(=O)C1(CCN(C[C@H](O)c2cccnc2)C(=O)O)C=CC(c2cccc(OC3CCCCC3)c2)C=C1. The summed E-state index contributed by atoms with van der Waals surface area (Å²) in [4.78, 5) is 30.6. The highest BCUT2D eigenvalue weighted by molar-refractivity contribution is 7.90. The van der Waals surface area contributed by atoms with Gasteiger partial charge < -0.3 is 24.6 Å². The number of methoxy groups -OCH3 is 1. The zero-order valence-corrected chi connectivity index (χ0v) is 25.7. The van der Waals surface area contributed by atoms with Gasteiger partial charge in [0.05, 0.1) is 36.5 Å². The van der Waals surface area contributed by atoms with Gasteiger partial charge in [0.25, 0.3) is 0 Å². The molecule has 2 aliphatic rings. The molecule has 44 heavy (non-hydrogen) atoms. The van der Waals surface area contributed by atoms with Crippen molar-refractivity contribution >= 4 is 22.0 Å². The lowest BCUT2D eigenvalue weighted by atomic mass is 9.77. The lowest BCUT2D eigenvalue weighted by molar-refractivity contribution is -0.125. The summed E-state index contributed by atoms with van der Waals surface area (Å²) >= 11 is 0. The monoisotopic (exact) mass is 627 g/mol. The van der Waals surface area contributed by atoms with Crippen molar-refractivity contribution in [3.63, 3.8) is 0 Å². The fraction of sp³-hybridized carbons (Fsp3) is 0.469. The molecule has 1 aromatic heterocycles. The molecule has 11 nitrogen and oxygen atoms in total. The molecule has 3 N–H and O–H groups in total. The number of nitrogens with one attached hydrogen (secondary N) is 1. The van der Waals surface area contributed by atoms with E-state index in [1.165, 1.54) is 19.7 Å². The number of sulfonamides is 1. The van der Waals surface area contributed by atoms with Gasteiger partial charge in [0.2, 0.25) is 15.9 Å². The second-order valence-corrected chi connectivity index (χ2v) is 13.1. The third kappa shape index (κ3) is 9.13. The molecule has 2 aromatic rings. The lowest BCUT2D eigenvalue weighted by Gasteiger charge is -2.32. The summed E-state index contributed by atoms with van der Waals surface area (Å²) in [7, 11) is -2.65. The molecule has 1 heterocycles. The Balaban J connectivity index is 1.53. The highest BCUT2D eigenvalue weighted by Gasteiger charge is 2.38. The zero-order chi connectivity index (χ0) is 31.6. The minimum Gasteiger partial charge on any atom is -0.490 e. The average molecular weight is 628 g/mol. The van der Waals surface area contributed by atoms with E-state index in [2.05, 4.69) is 9.71 Å². The van der Waals surface area contributed by atoms with E-state index in [4.69, 9.17) is 9.47 Å². The minimum absolute atomic E-state index is 0.0603. The fourth-order valence-corrected chi connectivity index (χ4v) is 6.41. The molecule has 0 spiro atoms. The van der Waals surface area contributed by atoms with Crippen LogP contribution in [0.1, 0.15) is 61.7 Å². The van der Waals surface area contributed by atoms with Crippen molar-refractivity contribution in [1.29, 1.82) is 0 Å². The summed E-state index contributed by atoms with van der Waals surface area (Å²) in [6, 6.07) is 11.1. The highest BCUT2D eigenvalue weighted by atomic mass is 32.2. The maximum absolute atomic E-state index is 13.6. The van der Waals surface area contributed by atoms with Gasteiger partial charge in [-0.3, -0.25) is 14.5 Å². The van der Waals surface area contributed by atoms with E-state index >= 15 is 0 Å². The summed E-state index contributed by atoms with van der Waals surface area (Å²) in [5.74, 6) is -0.640. The molecule has 2 amide bonds. The van der Waals surface area contributed by atoms with Crippen LogP contribution in [0.15, 0.2) is 73.1 Å². The van der Waals surface area contributed by atoms with Crippen molar-refractivity contribution in [2.24, 2.45) is 5.41 Å². The van der Waals surface area contributed by atoms with Crippen LogP contribution in [0.4, 0.5) is 4.79 Å². The van der Waals surface area contributed by atoms with Crippen LogP contribution in [0.3, 0.4) is 0 Å². The van der Waals surface area contributed by atoms with Gasteiger partial charge in [-0.25, -0.2) is 13.2 Å². The predicted molar refractivity (Wildman–Crippen MR) is 165 cm³/mol. The van der Waals surface area contributed by atoms with Gasteiger partial charge in [-0.1, -0.05) is 48.9 Å². The van der Waals surface area contributed by atoms with Gasteiger partial charge in [0, 0.05) is 37.5 Å². The van der Waals surface area contributed by atoms with E-state index in [1.807, 2.05) is 36.4 Å². The molecular formula is C32H41N3O8S. The summed E-state index contributed by atoms with van der Waals surface area (Å²) in [6.45, 7) is -0.501. The first-order valence-electron chi connectivity index (χ1n) is 14.9. The number of rotatable bonds is 14. The van der Waals surface area contributed by atoms with Gasteiger partial charge in [-0.15, -0.1) is 0 Å². The largest absolute Gasteiger partial charge is 0.490 e. The van der Waals surface area contributed by atoms with Gasteiger partial charge >= 0.3 is 6.09 Å². The number of aliphatic hydroxyl groups is 1. The van der Waals surface area contributed by atoms with Crippen molar-refractivity contribution in [2.75, 3.05) is 32.6 Å². The molecule has 238 valence electrons. The van der Waals surface area contributed by atoms with Crippen LogP contribution >= 0.6 is 0 Å². The minimum atomic E-state index is -4.01. The third-order valence-electron chi connectivity index (χ3n) is 8.06. The first-order valence-corrected chi connectivity index (χ1v) is 16.5. The molecule has 1 atom stereocenters. The van der Waals surface area contributed by atoms with Crippen LogP contribution in [-0.4, -0.2) is 79.2 Å². The summed E-state index contributed by atoms with van der Waals surface area (Å²) < 4.78 is 38.4. The van der Waals surface area contributed by atoms with E-state index in [1.54, 1.807) is 30.5 Å². The number of pyridine rings is 1. The zero-order valence-electron chi connectivity index (χ0n) is 24.9. The van der Waals surface area contributed by atoms with Gasteiger partial charge in [-0.05, 0) is 55.9 Å². The molecule has 1 saturated carbocycles. The second kappa shape index (κ2) is 15.3. The molecule has 1 aromatic carbocycles. The Bertz CT molecular complexity index is 1410. The van der Waals surface area contributed by atoms with Crippen molar-refractivity contribution in [3.05, 3.63) is 84.2 Å². The Labute approximate surface area is 258 Å². The number of nitrogens with zero attached hydrogens (tertiary/aromatic N) is 2. The van der Waals surface area contributed by atoms with Crippen molar-refractivity contribution < 1.29 is 37.7 Å². The Kier molecular flexibility index (Phi) is 11.5. The standard InChI is InChI=1S/C32H41N3O8S/c1-42-19-20-44(40,41)34-30(37)32(16-18-35(31(38)39)23-29(36)26-8-6-17-33-22-26)14-12-24(13-15-32)25-7-5-11-28(21-25)43-27-9-3-2-4-10-27/h5-8,11-15,17,21-22,24,27,29,36H,2-4,9-10,16,18-20,23H2,1H3,(H,34,37)(H,38,39)/t24?,29-,32?/m0/s1. The number of amides is 2. The van der Waals surface area contributed by atoms with Crippen LogP contribution in [0.2, 0.25) is 0 Å². The molecule has 4 rings (SSSR count). The number of hydrogen-bond acceptors (Lipinski definition) is 8. The van der Waals surface area contributed by atoms with Crippen LogP contribution in [0.5, 0.6) is 5.75 Å². The Morgan fingerprint density at radius 2 is 1.89 bits per heavy atom. The quantitative estimate of drug-likeness (QED) is 0.262. The molecule has 0 bridgehead atoms. The van der Waals surface area contributed by atoms with E-state index < -0.39 is 39.3 Å². The number of carboxylic acid groups (broad SMARTS) is 1. The predicted octanol–water partition coefficient (Wildman–Crippen LogP) is 4.19. The molecule has 1 fully saturated rings. The van der Waals surface area contributed by atoms with Crippen LogP contribution in [0, 0.1) is 5.41 Å². The van der Waals surface area contributed by atoms with Crippen LogP contribution < -0.4 is 9.46 Å². The van der Waals surface area contributed by atoms with E-state index in [9.17, 15) is 28.2 Å². The average Bonchev–Trinajstić information content (AvgIpc) is 3.03. The van der Waals surface area contributed by atoms with Gasteiger partial charge in [0.15, 0.2) is 0 Å². The molecule has 0 radical (unpaired) electrons. The summed E-state index contributed by atoms with van der Waals surface area (Å²) in [6.07, 6.45) is 13.2. The fourth-order valence-electron chi connectivity index (χ4n) is 5.45. The number of aromatic nitrogens is 1. The van der Waals surface area contributed by atoms with E-state index in [0.717, 1.165) is 41.9 Å². The number of carbonyl (C=O) groups is 2. The first kappa shape index (κ1) is 33.2. The molecule has 12 heteroatoms. The maximum Gasteiger partial charge on any atom is 0.407 e. The number of carbonyl (C=O) groups excluding carboxylic acids is 1. The second-order valence-electron chi connectivity index (χ2n) is 11.3. The van der Waals surface area contributed by atoms with Crippen molar-refractivity contribution in [3.8, 4) is 5.75 Å². The van der Waals surface area contributed by atoms with Crippen LogP contribution in [-0.2, 0) is 19.6 Å². The number of hydrogen-bond donors (Lipinski definition) is 3. The van der Waals surface area contributed by atoms with E-state index in [0.29, 0.717) is 5.56 Å². The molecule has 0 unspecified atom stereocenters. The summed E-state index contributed by atoms with van der Waals surface area (Å²) in [5.41, 5.74) is -0.0653. The Morgan fingerprint density at radius 3 is 2.55 bits per heavy atom. The van der Waals surface area contributed by atoms with Gasteiger partial charge in [0.1, 0.15) is 5.75 Å². The number of benzene rings is 1. The smallest absolute Gasteiger partial charge is 0.407 e. The number of aliphatic hydroxyl groups excluding tert-OH is 1. The van der Waals surface area contributed by atoms with Crippen molar-refractivity contribution in [2.45, 2.75) is 56.7 Å². The van der Waals surface area contributed by atoms with E-state index in [-0.39, 0.29) is 38.1 Å². The first-order chi connectivity index (χ1) is 21.1. The normalized spacial score (nSPS) is 21.0. The number of ether oxygens (including phenoxy) is 2. The molecule has 2 aliphatic carbocycles. The van der Waals surface area contributed by atoms with Gasteiger partial charge in [-0.2, -0.15) is 0 Å². The summed E-state index contributed by atoms with van der Waals surface area (Å²) in [5, 5.41) is 20.5. The van der Waals surface area contributed by atoms with Crippen molar-refractivity contribution in [1.82, 2.24) is 14.6 Å². The molecule has 0 saturated heterocycles. The third-order valence-corrected chi connectivity index (χ3v) is 9.26. The number of allylic oxidation sites excluding steroid dienone is 2. The topological polar surface area (TPSA) is 155 Å². The maximum atomic E-state index is 13.6. The Morgan fingerprint density at radius 1 is 1.14 bits per heavy atom. The highest BCUT2D eigenvalue weighted by Crippen LogP contribution is 2.37. The van der Waals surface area contributed by atoms with Crippen LogP contribution in [0.25, 0.3) is 0 Å². The molecule has 0 aliphatic heterocycles.